The molecule has 0 aromatic heterocycles. The number of methoxy groups -OCH3 is 2. The largest absolute Gasteiger partial charge is 0.497 e. The van der Waals surface area contributed by atoms with E-state index in [4.69, 9.17) is 21.1 Å². The topological polar surface area (TPSA) is 109 Å². The average molecular weight is 517 g/mol. The molecule has 0 radical (unpaired) electrons. The van der Waals surface area contributed by atoms with Gasteiger partial charge in [0.1, 0.15) is 11.8 Å². The van der Waals surface area contributed by atoms with Crippen molar-refractivity contribution >= 4 is 35.1 Å². The summed E-state index contributed by atoms with van der Waals surface area (Å²) in [6.07, 6.45) is 1.80. The van der Waals surface area contributed by atoms with Gasteiger partial charge in [0.05, 0.1) is 7.11 Å². The number of hydrogen-bond donors (Lipinski definition) is 3. The van der Waals surface area contributed by atoms with E-state index in [2.05, 4.69) is 16.0 Å². The van der Waals surface area contributed by atoms with Gasteiger partial charge in [-0.15, -0.1) is 0 Å². The van der Waals surface area contributed by atoms with Crippen LogP contribution in [0.5, 0.6) is 5.75 Å². The van der Waals surface area contributed by atoms with Crippen LogP contribution in [0.2, 0.25) is 5.02 Å². The van der Waals surface area contributed by atoms with Gasteiger partial charge in [0.25, 0.3) is 5.91 Å². The average Bonchev–Trinajstić information content (AvgIpc) is 2.89. The molecule has 3 rings (SSSR count). The second-order valence-corrected chi connectivity index (χ2v) is 9.02. The maximum atomic E-state index is 13.1. The highest BCUT2D eigenvalue weighted by Crippen LogP contribution is 2.23. The van der Waals surface area contributed by atoms with Gasteiger partial charge in [-0.25, -0.2) is 4.79 Å². The van der Waals surface area contributed by atoms with E-state index >= 15 is 0 Å². The molecule has 1 heterocycles. The molecule has 0 aliphatic carbocycles. The minimum atomic E-state index is -0.732. The van der Waals surface area contributed by atoms with Crippen molar-refractivity contribution in [2.75, 3.05) is 45.8 Å². The van der Waals surface area contributed by atoms with Crippen LogP contribution in [0.3, 0.4) is 0 Å². The highest BCUT2D eigenvalue weighted by molar-refractivity contribution is 6.30. The maximum absolute atomic E-state index is 13.1. The maximum Gasteiger partial charge on any atom is 0.321 e. The molecule has 0 saturated carbocycles. The van der Waals surface area contributed by atoms with Crippen molar-refractivity contribution in [1.82, 2.24) is 15.5 Å². The third-order valence-corrected chi connectivity index (χ3v) is 6.33. The first-order valence-electron chi connectivity index (χ1n) is 11.9. The van der Waals surface area contributed by atoms with Gasteiger partial charge in [-0.1, -0.05) is 23.7 Å². The first-order valence-corrected chi connectivity index (χ1v) is 12.3. The van der Waals surface area contributed by atoms with Gasteiger partial charge in [-0.3, -0.25) is 9.59 Å². The second kappa shape index (κ2) is 13.7. The molecule has 10 heteroatoms. The number of likely N-dealkylation sites (tertiary alicyclic amines) is 1. The number of hydrogen-bond acceptors (Lipinski definition) is 5. The van der Waals surface area contributed by atoms with Crippen molar-refractivity contribution in [2.24, 2.45) is 5.92 Å². The zero-order valence-corrected chi connectivity index (χ0v) is 21.3. The lowest BCUT2D eigenvalue weighted by Gasteiger charge is -2.35. The van der Waals surface area contributed by atoms with Crippen molar-refractivity contribution in [1.29, 1.82) is 0 Å². The number of ether oxygens (including phenoxy) is 2. The predicted octanol–water partition coefficient (Wildman–Crippen LogP) is 3.54. The van der Waals surface area contributed by atoms with Gasteiger partial charge in [0, 0.05) is 49.6 Å². The highest BCUT2D eigenvalue weighted by Gasteiger charge is 2.34. The normalized spacial score (nSPS) is 14.6. The fraction of sp³-hybridized carbons (Fsp3) is 0.423. The number of piperidine rings is 1. The Balaban J connectivity index is 1.64. The minimum Gasteiger partial charge on any atom is -0.497 e. The number of carbonyl (C=O) groups is 3. The van der Waals surface area contributed by atoms with Crippen molar-refractivity contribution in [3.05, 3.63) is 59.1 Å². The smallest absolute Gasteiger partial charge is 0.321 e. The number of nitrogens with one attached hydrogen (secondary N) is 3. The molecule has 2 aromatic rings. The quantitative estimate of drug-likeness (QED) is 0.418. The summed E-state index contributed by atoms with van der Waals surface area (Å²) in [7, 11) is 3.14. The van der Waals surface area contributed by atoms with Crippen LogP contribution in [0.4, 0.5) is 10.5 Å². The van der Waals surface area contributed by atoms with E-state index in [-0.39, 0.29) is 23.8 Å². The van der Waals surface area contributed by atoms with Crippen LogP contribution in [0.1, 0.15) is 29.6 Å². The van der Waals surface area contributed by atoms with Gasteiger partial charge in [0.15, 0.2) is 0 Å². The molecule has 2 aromatic carbocycles. The summed E-state index contributed by atoms with van der Waals surface area (Å²) in [5, 5.41) is 9.21. The van der Waals surface area contributed by atoms with E-state index in [9.17, 15) is 14.4 Å². The van der Waals surface area contributed by atoms with Gasteiger partial charge in [-0.05, 0) is 61.6 Å². The number of carbonyl (C=O) groups excluding carboxylic acids is 3. The Kier molecular flexibility index (Phi) is 10.4. The number of anilines is 1. The van der Waals surface area contributed by atoms with E-state index in [0.717, 1.165) is 0 Å². The Bertz CT molecular complexity index is 1040. The number of nitrogens with zero attached hydrogens (tertiary/aromatic N) is 1. The molecule has 194 valence electrons. The lowest BCUT2D eigenvalue weighted by atomic mass is 9.88. The first-order chi connectivity index (χ1) is 17.4. The standard InChI is InChI=1S/C26H33ClN4O5/c1-35-15-5-12-28-25(33)23(30-24(32)19-6-3-9-22(16-19)36-2)18-10-13-31(14-11-18)26(34)29-21-8-4-7-20(27)17-21/h3-4,6-9,16-18,23H,5,10-15H2,1-2H3,(H,28,33)(H,29,34)(H,30,32). The molecule has 1 aliphatic heterocycles. The third-order valence-electron chi connectivity index (χ3n) is 6.10. The molecule has 1 aliphatic rings. The van der Waals surface area contributed by atoms with Crippen LogP contribution >= 0.6 is 11.6 Å². The van der Waals surface area contributed by atoms with E-state index < -0.39 is 6.04 Å². The predicted molar refractivity (Wildman–Crippen MR) is 139 cm³/mol. The zero-order valence-electron chi connectivity index (χ0n) is 20.6. The molecule has 1 unspecified atom stereocenters. The Morgan fingerprint density at radius 3 is 2.53 bits per heavy atom. The minimum absolute atomic E-state index is 0.128. The van der Waals surface area contributed by atoms with Gasteiger partial charge >= 0.3 is 6.03 Å². The summed E-state index contributed by atoms with van der Waals surface area (Å²) < 4.78 is 10.3. The number of amides is 4. The fourth-order valence-electron chi connectivity index (χ4n) is 4.13. The zero-order chi connectivity index (χ0) is 25.9. The van der Waals surface area contributed by atoms with Crippen LogP contribution in [-0.2, 0) is 9.53 Å². The van der Waals surface area contributed by atoms with E-state index in [1.807, 2.05) is 0 Å². The first kappa shape index (κ1) is 27.3. The molecule has 1 saturated heterocycles. The van der Waals surface area contributed by atoms with Crippen LogP contribution < -0.4 is 20.7 Å². The van der Waals surface area contributed by atoms with Crippen molar-refractivity contribution in [3.8, 4) is 5.75 Å². The molecule has 1 atom stereocenters. The monoisotopic (exact) mass is 516 g/mol. The second-order valence-electron chi connectivity index (χ2n) is 8.59. The molecule has 0 spiro atoms. The lowest BCUT2D eigenvalue weighted by molar-refractivity contribution is -0.124. The summed E-state index contributed by atoms with van der Waals surface area (Å²) in [6, 6.07) is 12.8. The van der Waals surface area contributed by atoms with Gasteiger partial charge < -0.3 is 30.3 Å². The van der Waals surface area contributed by atoms with Crippen LogP contribution in [0, 0.1) is 5.92 Å². The Labute approximate surface area is 216 Å². The number of halogens is 1. The molecule has 9 nitrogen and oxygen atoms in total. The summed E-state index contributed by atoms with van der Waals surface area (Å²) in [4.78, 5) is 40.5. The van der Waals surface area contributed by atoms with Crippen molar-refractivity contribution in [3.63, 3.8) is 0 Å². The fourth-order valence-corrected chi connectivity index (χ4v) is 4.32. The number of benzene rings is 2. The number of rotatable bonds is 10. The van der Waals surface area contributed by atoms with E-state index in [1.54, 1.807) is 60.5 Å². The Morgan fingerprint density at radius 1 is 1.08 bits per heavy atom. The summed E-state index contributed by atoms with van der Waals surface area (Å²) in [5.74, 6) is -0.171. The summed E-state index contributed by atoms with van der Waals surface area (Å²) in [5.41, 5.74) is 1.03. The van der Waals surface area contributed by atoms with Crippen LogP contribution in [0.15, 0.2) is 48.5 Å². The van der Waals surface area contributed by atoms with E-state index in [0.29, 0.717) is 67.5 Å². The summed E-state index contributed by atoms with van der Waals surface area (Å²) >= 11 is 6.00. The molecule has 4 amide bonds. The van der Waals surface area contributed by atoms with Crippen molar-refractivity contribution < 1.29 is 23.9 Å². The SMILES string of the molecule is COCCCNC(=O)C(NC(=O)c1cccc(OC)c1)C1CCN(C(=O)Nc2cccc(Cl)c2)CC1. The van der Waals surface area contributed by atoms with Crippen LogP contribution in [0.25, 0.3) is 0 Å². The lowest BCUT2D eigenvalue weighted by Crippen LogP contribution is -2.54. The van der Waals surface area contributed by atoms with E-state index in [1.165, 1.54) is 7.11 Å². The molecule has 0 bridgehead atoms. The highest BCUT2D eigenvalue weighted by atomic mass is 35.5. The molecule has 3 N–H and O–H groups in total. The Morgan fingerprint density at radius 2 is 1.83 bits per heavy atom. The molecule has 36 heavy (non-hydrogen) atoms. The molecular formula is C26H33ClN4O5. The molecular weight excluding hydrogens is 484 g/mol. The van der Waals surface area contributed by atoms with Gasteiger partial charge in [0.2, 0.25) is 5.91 Å². The summed E-state index contributed by atoms with van der Waals surface area (Å²) in [6.45, 7) is 1.89. The number of urea groups is 1. The molecule has 1 fully saturated rings. The van der Waals surface area contributed by atoms with Crippen molar-refractivity contribution in [2.45, 2.75) is 25.3 Å². The van der Waals surface area contributed by atoms with Crippen LogP contribution in [-0.4, -0.2) is 69.2 Å². The van der Waals surface area contributed by atoms with Gasteiger partial charge in [-0.2, -0.15) is 0 Å². The Hall–Kier alpha value is -3.30. The third kappa shape index (κ3) is 7.86.